The molecule has 1 N–H and O–H groups in total. The van der Waals surface area contributed by atoms with Crippen LogP contribution < -0.4 is 5.32 Å². The number of aryl methyl sites for hydroxylation is 1. The first-order valence-electron chi connectivity index (χ1n) is 7.11. The summed E-state index contributed by atoms with van der Waals surface area (Å²) in [5.74, 6) is -0.396. The Kier molecular flexibility index (Phi) is 5.44. The van der Waals surface area contributed by atoms with Gasteiger partial charge in [0.15, 0.2) is 0 Å². The van der Waals surface area contributed by atoms with Crippen LogP contribution in [0.1, 0.15) is 23.7 Å². The molecule has 2 rings (SSSR count). The zero-order valence-electron chi connectivity index (χ0n) is 12.4. The first-order chi connectivity index (χ1) is 10.7. The molecule has 0 radical (unpaired) electrons. The Balaban J connectivity index is 2.04. The van der Waals surface area contributed by atoms with Gasteiger partial charge in [-0.3, -0.25) is 9.78 Å². The van der Waals surface area contributed by atoms with E-state index in [1.807, 2.05) is 48.5 Å². The second-order valence-corrected chi connectivity index (χ2v) is 4.77. The Morgan fingerprint density at radius 3 is 2.64 bits per heavy atom. The number of rotatable bonds is 5. The smallest absolute Gasteiger partial charge is 0.262 e. The minimum absolute atomic E-state index is 0.0835. The van der Waals surface area contributed by atoms with E-state index < -0.39 is 5.91 Å². The molecule has 0 aliphatic carbocycles. The van der Waals surface area contributed by atoms with Gasteiger partial charge in [0.1, 0.15) is 11.6 Å². The van der Waals surface area contributed by atoms with Crippen LogP contribution in [0, 0.1) is 11.3 Å². The predicted molar refractivity (Wildman–Crippen MR) is 85.5 cm³/mol. The van der Waals surface area contributed by atoms with Crippen LogP contribution in [0.2, 0.25) is 0 Å². The first kappa shape index (κ1) is 15.5. The fourth-order valence-corrected chi connectivity index (χ4v) is 1.93. The van der Waals surface area contributed by atoms with Gasteiger partial charge < -0.3 is 5.32 Å². The number of hydrogen-bond donors (Lipinski definition) is 1. The average molecular weight is 291 g/mol. The molecule has 0 aliphatic heterocycles. The van der Waals surface area contributed by atoms with Crippen molar-refractivity contribution in [2.75, 3.05) is 0 Å². The fraction of sp³-hybridized carbons (Fsp3) is 0.167. The summed E-state index contributed by atoms with van der Waals surface area (Å²) in [6.07, 6.45) is 4.21. The van der Waals surface area contributed by atoms with Crippen molar-refractivity contribution in [2.24, 2.45) is 0 Å². The molecule has 1 amide bonds. The highest BCUT2D eigenvalue weighted by atomic mass is 16.1. The largest absolute Gasteiger partial charge is 0.346 e. The number of carbonyl (C=O) groups is 1. The number of benzene rings is 1. The topological polar surface area (TPSA) is 65.8 Å². The summed E-state index contributed by atoms with van der Waals surface area (Å²) in [5, 5.41) is 11.9. The quantitative estimate of drug-likeness (QED) is 0.680. The standard InChI is InChI=1S/C18H17N3O/c1-2-14-6-8-15(9-7-14)11-16(12-19)18(22)21-13-17-5-3-4-10-20-17/h3-11H,2,13H2,1H3,(H,21,22)/b16-11+. The molecular weight excluding hydrogens is 274 g/mol. The van der Waals surface area contributed by atoms with Crippen molar-refractivity contribution in [3.63, 3.8) is 0 Å². The maximum Gasteiger partial charge on any atom is 0.262 e. The number of nitrogens with zero attached hydrogens (tertiary/aromatic N) is 2. The van der Waals surface area contributed by atoms with Crippen molar-refractivity contribution in [1.29, 1.82) is 5.26 Å². The van der Waals surface area contributed by atoms with E-state index in [2.05, 4.69) is 17.2 Å². The highest BCUT2D eigenvalue weighted by Gasteiger charge is 2.08. The highest BCUT2D eigenvalue weighted by Crippen LogP contribution is 2.09. The molecule has 2 aromatic rings. The van der Waals surface area contributed by atoms with E-state index in [9.17, 15) is 4.79 Å². The lowest BCUT2D eigenvalue weighted by molar-refractivity contribution is -0.117. The maximum absolute atomic E-state index is 12.0. The van der Waals surface area contributed by atoms with Gasteiger partial charge in [-0.25, -0.2) is 0 Å². The van der Waals surface area contributed by atoms with E-state index in [0.717, 1.165) is 17.7 Å². The Bertz CT molecular complexity index is 697. The number of hydrogen-bond acceptors (Lipinski definition) is 3. The third-order valence-corrected chi connectivity index (χ3v) is 3.22. The van der Waals surface area contributed by atoms with Crippen LogP contribution in [0.25, 0.3) is 6.08 Å². The number of carbonyl (C=O) groups excluding carboxylic acids is 1. The van der Waals surface area contributed by atoms with Crippen LogP contribution in [-0.4, -0.2) is 10.9 Å². The summed E-state index contributed by atoms with van der Waals surface area (Å²) in [5.41, 5.74) is 2.89. The minimum Gasteiger partial charge on any atom is -0.346 e. The Labute approximate surface area is 130 Å². The normalized spacial score (nSPS) is 10.8. The predicted octanol–water partition coefficient (Wildman–Crippen LogP) is 2.87. The summed E-state index contributed by atoms with van der Waals surface area (Å²) < 4.78 is 0. The van der Waals surface area contributed by atoms with Crippen LogP contribution in [0.15, 0.2) is 54.2 Å². The van der Waals surface area contributed by atoms with Crippen LogP contribution in [-0.2, 0) is 17.8 Å². The van der Waals surface area contributed by atoms with Gasteiger partial charge in [-0.05, 0) is 35.8 Å². The third-order valence-electron chi connectivity index (χ3n) is 3.22. The molecule has 1 aromatic carbocycles. The van der Waals surface area contributed by atoms with Crippen LogP contribution in [0.4, 0.5) is 0 Å². The van der Waals surface area contributed by atoms with E-state index in [0.29, 0.717) is 6.54 Å². The van der Waals surface area contributed by atoms with Gasteiger partial charge in [0.2, 0.25) is 0 Å². The number of amides is 1. The van der Waals surface area contributed by atoms with Gasteiger partial charge in [0.05, 0.1) is 12.2 Å². The highest BCUT2D eigenvalue weighted by molar-refractivity contribution is 6.01. The molecule has 110 valence electrons. The molecule has 0 saturated heterocycles. The molecule has 0 atom stereocenters. The summed E-state index contributed by atoms with van der Waals surface area (Å²) in [6, 6.07) is 15.2. The molecular formula is C18H17N3O. The molecule has 22 heavy (non-hydrogen) atoms. The zero-order chi connectivity index (χ0) is 15.8. The van der Waals surface area contributed by atoms with E-state index in [1.54, 1.807) is 12.3 Å². The number of aromatic nitrogens is 1. The lowest BCUT2D eigenvalue weighted by Gasteiger charge is -2.04. The summed E-state index contributed by atoms with van der Waals surface area (Å²) in [7, 11) is 0. The lowest BCUT2D eigenvalue weighted by Crippen LogP contribution is -2.24. The molecule has 0 bridgehead atoms. The Morgan fingerprint density at radius 2 is 2.05 bits per heavy atom. The maximum atomic E-state index is 12.0. The van der Waals surface area contributed by atoms with Crippen molar-refractivity contribution >= 4 is 12.0 Å². The van der Waals surface area contributed by atoms with Crippen molar-refractivity contribution in [3.05, 3.63) is 71.1 Å². The van der Waals surface area contributed by atoms with E-state index in [1.165, 1.54) is 5.56 Å². The molecule has 4 nitrogen and oxygen atoms in total. The van der Waals surface area contributed by atoms with Gasteiger partial charge >= 0.3 is 0 Å². The van der Waals surface area contributed by atoms with E-state index in [4.69, 9.17) is 5.26 Å². The summed E-state index contributed by atoms with van der Waals surface area (Å²) in [4.78, 5) is 16.2. The SMILES string of the molecule is CCc1ccc(/C=C(\C#N)C(=O)NCc2ccccn2)cc1. The van der Waals surface area contributed by atoms with E-state index in [-0.39, 0.29) is 5.57 Å². The Morgan fingerprint density at radius 1 is 1.27 bits per heavy atom. The van der Waals surface area contributed by atoms with Gasteiger partial charge in [-0.2, -0.15) is 5.26 Å². The van der Waals surface area contributed by atoms with E-state index >= 15 is 0 Å². The first-order valence-corrected chi connectivity index (χ1v) is 7.11. The minimum atomic E-state index is -0.396. The second-order valence-electron chi connectivity index (χ2n) is 4.77. The molecule has 1 aromatic heterocycles. The molecule has 0 aliphatic rings. The zero-order valence-corrected chi connectivity index (χ0v) is 12.4. The van der Waals surface area contributed by atoms with Crippen LogP contribution >= 0.6 is 0 Å². The molecule has 4 heteroatoms. The molecule has 0 fully saturated rings. The molecule has 0 saturated carbocycles. The second kappa shape index (κ2) is 7.75. The fourth-order valence-electron chi connectivity index (χ4n) is 1.93. The van der Waals surface area contributed by atoms with Gasteiger partial charge in [0, 0.05) is 6.20 Å². The van der Waals surface area contributed by atoms with Gasteiger partial charge in [0.25, 0.3) is 5.91 Å². The molecule has 1 heterocycles. The third kappa shape index (κ3) is 4.29. The van der Waals surface area contributed by atoms with Gasteiger partial charge in [-0.1, -0.05) is 37.3 Å². The number of pyridine rings is 1. The van der Waals surface area contributed by atoms with Crippen LogP contribution in [0.5, 0.6) is 0 Å². The molecule has 0 unspecified atom stereocenters. The van der Waals surface area contributed by atoms with Crippen molar-refractivity contribution in [3.8, 4) is 6.07 Å². The summed E-state index contributed by atoms with van der Waals surface area (Å²) >= 11 is 0. The van der Waals surface area contributed by atoms with Crippen molar-refractivity contribution < 1.29 is 4.79 Å². The number of nitrogens with one attached hydrogen (secondary N) is 1. The van der Waals surface area contributed by atoms with Crippen molar-refractivity contribution in [2.45, 2.75) is 19.9 Å². The van der Waals surface area contributed by atoms with Crippen molar-refractivity contribution in [1.82, 2.24) is 10.3 Å². The average Bonchev–Trinajstić information content (AvgIpc) is 2.59. The number of nitriles is 1. The monoisotopic (exact) mass is 291 g/mol. The Hall–Kier alpha value is -2.93. The lowest BCUT2D eigenvalue weighted by atomic mass is 10.1. The molecule has 0 spiro atoms. The van der Waals surface area contributed by atoms with Gasteiger partial charge in [-0.15, -0.1) is 0 Å². The van der Waals surface area contributed by atoms with Crippen LogP contribution in [0.3, 0.4) is 0 Å². The summed E-state index contributed by atoms with van der Waals surface area (Å²) in [6.45, 7) is 2.38.